The number of rotatable bonds is 3. The van der Waals surface area contributed by atoms with E-state index in [9.17, 15) is 4.79 Å². The van der Waals surface area contributed by atoms with Gasteiger partial charge in [0.2, 0.25) is 0 Å². The summed E-state index contributed by atoms with van der Waals surface area (Å²) in [6.45, 7) is 6.42. The van der Waals surface area contributed by atoms with Crippen molar-refractivity contribution in [1.82, 2.24) is 20.0 Å². The molecule has 0 aliphatic heterocycles. The number of aromatic nitrogens is 4. The molecule has 0 aliphatic carbocycles. The van der Waals surface area contributed by atoms with Crippen LogP contribution in [0.4, 0.5) is 0 Å². The van der Waals surface area contributed by atoms with Gasteiger partial charge >= 0.3 is 0 Å². The van der Waals surface area contributed by atoms with Crippen LogP contribution >= 0.6 is 12.2 Å². The molecule has 0 amide bonds. The highest BCUT2D eigenvalue weighted by Gasteiger charge is 2.13. The van der Waals surface area contributed by atoms with Gasteiger partial charge in [-0.3, -0.25) is 4.79 Å². The Kier molecular flexibility index (Phi) is 3.42. The van der Waals surface area contributed by atoms with Gasteiger partial charge in [0, 0.05) is 6.54 Å². The van der Waals surface area contributed by atoms with E-state index < -0.39 is 0 Å². The molecule has 0 aromatic carbocycles. The predicted octanol–water partition coefficient (Wildman–Crippen LogP) is 1.92. The van der Waals surface area contributed by atoms with Crippen molar-refractivity contribution >= 4 is 12.2 Å². The Morgan fingerprint density at radius 3 is 2.83 bits per heavy atom. The minimum atomic E-state index is -0.223. The van der Waals surface area contributed by atoms with E-state index in [2.05, 4.69) is 15.3 Å². The molecule has 0 saturated carbocycles. The molecule has 0 unspecified atom stereocenters. The molecule has 0 radical (unpaired) electrons. The Bertz CT molecular complexity index is 668. The Hall–Kier alpha value is -1.76. The third kappa shape index (κ3) is 2.56. The highest BCUT2D eigenvalue weighted by molar-refractivity contribution is 7.71. The number of H-pyrrole nitrogens is 1. The average molecular weight is 266 g/mol. The molecule has 7 heteroatoms. The van der Waals surface area contributed by atoms with E-state index in [-0.39, 0.29) is 16.3 Å². The molecule has 18 heavy (non-hydrogen) atoms. The second-order valence-corrected chi connectivity index (χ2v) is 4.87. The first-order valence-electron chi connectivity index (χ1n) is 5.62. The molecule has 2 heterocycles. The van der Waals surface area contributed by atoms with Crippen LogP contribution in [0.5, 0.6) is 0 Å². The number of hydrogen-bond acceptors (Lipinski definition) is 5. The molecule has 2 aromatic rings. The van der Waals surface area contributed by atoms with Crippen molar-refractivity contribution in [3.05, 3.63) is 27.0 Å². The molecule has 96 valence electrons. The van der Waals surface area contributed by atoms with Gasteiger partial charge in [0.25, 0.3) is 16.3 Å². The number of aromatic amines is 1. The van der Waals surface area contributed by atoms with Crippen LogP contribution in [0.25, 0.3) is 11.5 Å². The Labute approximate surface area is 109 Å². The zero-order valence-corrected chi connectivity index (χ0v) is 11.2. The van der Waals surface area contributed by atoms with Gasteiger partial charge in [-0.15, -0.1) is 5.10 Å². The lowest BCUT2D eigenvalue weighted by atomic mass is 10.2. The fraction of sp³-hybridized carbons (Fsp3) is 0.455. The summed E-state index contributed by atoms with van der Waals surface area (Å²) in [6.07, 6.45) is 0. The molecule has 2 rings (SSSR count). The van der Waals surface area contributed by atoms with Gasteiger partial charge in [-0.1, -0.05) is 13.8 Å². The summed E-state index contributed by atoms with van der Waals surface area (Å²) in [4.78, 5) is 12.4. The van der Waals surface area contributed by atoms with Crippen molar-refractivity contribution in [2.24, 2.45) is 5.92 Å². The molecule has 0 spiro atoms. The summed E-state index contributed by atoms with van der Waals surface area (Å²) >= 11 is 4.80. The van der Waals surface area contributed by atoms with Crippen molar-refractivity contribution in [3.8, 4) is 11.5 Å². The standard InChI is InChI=1S/C11H14N4O2S/c1-6(2)5-15-10(16)8(4-7(3)14-15)9-12-13-11(18)17-9/h4,6H,5H2,1-3H3,(H,13,18). The molecular weight excluding hydrogens is 252 g/mol. The highest BCUT2D eigenvalue weighted by atomic mass is 32.1. The monoisotopic (exact) mass is 266 g/mol. The topological polar surface area (TPSA) is 76.7 Å². The molecule has 2 aromatic heterocycles. The largest absolute Gasteiger partial charge is 0.409 e. The van der Waals surface area contributed by atoms with Gasteiger partial charge in [-0.05, 0) is 31.1 Å². The van der Waals surface area contributed by atoms with E-state index in [4.69, 9.17) is 16.6 Å². The summed E-state index contributed by atoms with van der Waals surface area (Å²) in [7, 11) is 0. The van der Waals surface area contributed by atoms with Gasteiger partial charge in [0.1, 0.15) is 5.56 Å². The Morgan fingerprint density at radius 2 is 2.28 bits per heavy atom. The van der Waals surface area contributed by atoms with E-state index in [1.807, 2.05) is 20.8 Å². The summed E-state index contributed by atoms with van der Waals surface area (Å²) < 4.78 is 6.61. The minimum absolute atomic E-state index is 0.147. The van der Waals surface area contributed by atoms with E-state index in [0.717, 1.165) is 5.69 Å². The molecule has 1 N–H and O–H groups in total. The van der Waals surface area contributed by atoms with Crippen molar-refractivity contribution in [3.63, 3.8) is 0 Å². The lowest BCUT2D eigenvalue weighted by Gasteiger charge is -2.09. The molecule has 0 fully saturated rings. The van der Waals surface area contributed by atoms with Crippen LogP contribution in [-0.2, 0) is 6.54 Å². The lowest BCUT2D eigenvalue weighted by molar-refractivity contribution is 0.459. The first kappa shape index (κ1) is 12.7. The summed E-state index contributed by atoms with van der Waals surface area (Å²) in [5.41, 5.74) is 0.879. The molecule has 0 atom stereocenters. The van der Waals surface area contributed by atoms with E-state index in [0.29, 0.717) is 18.0 Å². The number of hydrogen-bond donors (Lipinski definition) is 1. The van der Waals surface area contributed by atoms with Gasteiger partial charge < -0.3 is 4.42 Å². The zero-order valence-electron chi connectivity index (χ0n) is 10.4. The van der Waals surface area contributed by atoms with Crippen LogP contribution in [0.2, 0.25) is 0 Å². The highest BCUT2D eigenvalue weighted by Crippen LogP contribution is 2.12. The average Bonchev–Trinajstić information content (AvgIpc) is 2.69. The quantitative estimate of drug-likeness (QED) is 0.859. The molecule has 0 aliphatic rings. The maximum Gasteiger partial charge on any atom is 0.284 e. The first-order valence-corrected chi connectivity index (χ1v) is 6.03. The Morgan fingerprint density at radius 1 is 1.56 bits per heavy atom. The second kappa shape index (κ2) is 4.85. The van der Waals surface area contributed by atoms with Crippen LogP contribution in [0.3, 0.4) is 0 Å². The van der Waals surface area contributed by atoms with Crippen molar-refractivity contribution in [2.75, 3.05) is 0 Å². The fourth-order valence-corrected chi connectivity index (χ4v) is 1.77. The molecular formula is C11H14N4O2S. The first-order chi connectivity index (χ1) is 8.47. The molecule has 6 nitrogen and oxygen atoms in total. The number of nitrogens with zero attached hydrogens (tertiary/aromatic N) is 3. The number of nitrogens with one attached hydrogen (secondary N) is 1. The summed E-state index contributed by atoms with van der Waals surface area (Å²) in [6, 6.07) is 1.65. The van der Waals surface area contributed by atoms with E-state index in [1.54, 1.807) is 6.07 Å². The zero-order chi connectivity index (χ0) is 13.3. The van der Waals surface area contributed by atoms with Crippen molar-refractivity contribution in [1.29, 1.82) is 0 Å². The van der Waals surface area contributed by atoms with Crippen LogP contribution < -0.4 is 5.56 Å². The van der Waals surface area contributed by atoms with Crippen molar-refractivity contribution < 1.29 is 4.42 Å². The van der Waals surface area contributed by atoms with E-state index in [1.165, 1.54) is 4.68 Å². The predicted molar refractivity (Wildman–Crippen MR) is 68.8 cm³/mol. The maximum atomic E-state index is 12.2. The minimum Gasteiger partial charge on any atom is -0.409 e. The van der Waals surface area contributed by atoms with Crippen LogP contribution in [0.1, 0.15) is 19.5 Å². The Balaban J connectivity index is 2.58. The van der Waals surface area contributed by atoms with Crippen LogP contribution in [0, 0.1) is 17.7 Å². The normalized spacial score (nSPS) is 11.1. The van der Waals surface area contributed by atoms with Gasteiger partial charge in [-0.2, -0.15) is 5.10 Å². The third-order valence-corrected chi connectivity index (χ3v) is 2.48. The van der Waals surface area contributed by atoms with E-state index >= 15 is 0 Å². The van der Waals surface area contributed by atoms with Crippen LogP contribution in [0.15, 0.2) is 15.3 Å². The number of aryl methyl sites for hydroxylation is 1. The van der Waals surface area contributed by atoms with Gasteiger partial charge in [-0.25, -0.2) is 9.78 Å². The maximum absolute atomic E-state index is 12.2. The van der Waals surface area contributed by atoms with Gasteiger partial charge in [0.05, 0.1) is 5.69 Å². The van der Waals surface area contributed by atoms with Crippen molar-refractivity contribution in [2.45, 2.75) is 27.3 Å². The van der Waals surface area contributed by atoms with Gasteiger partial charge in [0.15, 0.2) is 0 Å². The lowest BCUT2D eigenvalue weighted by Crippen LogP contribution is -2.27. The SMILES string of the molecule is Cc1cc(-c2n[nH]c(=S)o2)c(=O)n(CC(C)C)n1. The third-order valence-electron chi connectivity index (χ3n) is 2.30. The fourth-order valence-electron chi connectivity index (χ4n) is 1.64. The smallest absolute Gasteiger partial charge is 0.284 e. The summed E-state index contributed by atoms with van der Waals surface area (Å²) in [5, 5.41) is 10.6. The molecule has 0 saturated heterocycles. The second-order valence-electron chi connectivity index (χ2n) is 4.50. The van der Waals surface area contributed by atoms with Crippen LogP contribution in [-0.4, -0.2) is 20.0 Å². The summed E-state index contributed by atoms with van der Waals surface area (Å²) in [5.74, 6) is 0.531. The molecule has 0 bridgehead atoms.